The third kappa shape index (κ3) is 8.24. The molecular formula is C31H37Cl2N3O4S. The van der Waals surface area contributed by atoms with Gasteiger partial charge >= 0.3 is 0 Å². The van der Waals surface area contributed by atoms with Crippen LogP contribution < -0.4 is 9.62 Å². The summed E-state index contributed by atoms with van der Waals surface area (Å²) in [5, 5.41) is 3.65. The molecule has 1 N–H and O–H groups in total. The first-order chi connectivity index (χ1) is 19.4. The minimum absolute atomic E-state index is 0.0359. The highest BCUT2D eigenvalue weighted by Gasteiger charge is 2.34. The molecule has 0 heterocycles. The number of benzene rings is 3. The molecule has 0 saturated heterocycles. The second-order valence-electron chi connectivity index (χ2n) is 10.2. The van der Waals surface area contributed by atoms with Crippen LogP contribution >= 0.6 is 23.2 Å². The van der Waals surface area contributed by atoms with Crippen LogP contribution in [0.15, 0.2) is 71.6 Å². The second kappa shape index (κ2) is 14.2. The molecule has 0 aliphatic carbocycles. The highest BCUT2D eigenvalue weighted by molar-refractivity contribution is 7.92. The zero-order valence-corrected chi connectivity index (χ0v) is 26.4. The van der Waals surface area contributed by atoms with E-state index in [4.69, 9.17) is 23.2 Å². The van der Waals surface area contributed by atoms with E-state index in [9.17, 15) is 18.0 Å². The monoisotopic (exact) mass is 617 g/mol. The quantitative estimate of drug-likeness (QED) is 0.250. The number of anilines is 1. The fourth-order valence-corrected chi connectivity index (χ4v) is 6.28. The maximum atomic E-state index is 14.2. The summed E-state index contributed by atoms with van der Waals surface area (Å²) in [4.78, 5) is 29.0. The summed E-state index contributed by atoms with van der Waals surface area (Å²) in [5.41, 5.74) is 2.73. The van der Waals surface area contributed by atoms with Crippen molar-refractivity contribution < 1.29 is 18.0 Å². The summed E-state index contributed by atoms with van der Waals surface area (Å²) in [6.07, 6.45) is 1.04. The lowest BCUT2D eigenvalue weighted by molar-refractivity contribution is -0.140. The molecule has 3 aromatic carbocycles. The molecule has 41 heavy (non-hydrogen) atoms. The Bertz CT molecular complexity index is 1460. The minimum Gasteiger partial charge on any atom is -0.352 e. The lowest BCUT2D eigenvalue weighted by atomic mass is 10.1. The Balaban J connectivity index is 2.10. The summed E-state index contributed by atoms with van der Waals surface area (Å²) < 4.78 is 29.0. The van der Waals surface area contributed by atoms with E-state index in [1.807, 2.05) is 40.7 Å². The number of nitrogens with one attached hydrogen (secondary N) is 1. The molecule has 0 aliphatic heterocycles. The van der Waals surface area contributed by atoms with E-state index in [2.05, 4.69) is 5.32 Å². The average molecular weight is 619 g/mol. The van der Waals surface area contributed by atoms with Crippen molar-refractivity contribution in [2.45, 2.75) is 71.0 Å². The van der Waals surface area contributed by atoms with Crippen LogP contribution in [0.1, 0.15) is 50.3 Å². The zero-order valence-electron chi connectivity index (χ0n) is 24.0. The molecular weight excluding hydrogens is 581 g/mol. The fraction of sp³-hybridized carbons (Fsp3) is 0.355. The lowest BCUT2D eigenvalue weighted by Gasteiger charge is -2.34. The lowest BCUT2D eigenvalue weighted by Crippen LogP contribution is -2.53. The second-order valence-corrected chi connectivity index (χ2v) is 12.9. The van der Waals surface area contributed by atoms with Gasteiger partial charge in [0.05, 0.1) is 20.6 Å². The van der Waals surface area contributed by atoms with Gasteiger partial charge in [0.25, 0.3) is 10.0 Å². The molecule has 7 nitrogen and oxygen atoms in total. The van der Waals surface area contributed by atoms with Gasteiger partial charge in [0.1, 0.15) is 12.6 Å². The molecule has 220 valence electrons. The van der Waals surface area contributed by atoms with Gasteiger partial charge in [0.15, 0.2) is 0 Å². The van der Waals surface area contributed by atoms with Crippen LogP contribution in [0.5, 0.6) is 0 Å². The zero-order chi connectivity index (χ0) is 30.3. The molecule has 3 aromatic rings. The van der Waals surface area contributed by atoms with Crippen LogP contribution in [0.4, 0.5) is 5.69 Å². The van der Waals surface area contributed by atoms with E-state index < -0.39 is 28.5 Å². The van der Waals surface area contributed by atoms with Crippen LogP contribution in [0.3, 0.4) is 0 Å². The van der Waals surface area contributed by atoms with Crippen molar-refractivity contribution in [2.75, 3.05) is 10.8 Å². The van der Waals surface area contributed by atoms with Crippen molar-refractivity contribution in [2.24, 2.45) is 0 Å². The van der Waals surface area contributed by atoms with Gasteiger partial charge in [-0.2, -0.15) is 0 Å². The number of rotatable bonds is 12. The molecule has 2 amide bonds. The van der Waals surface area contributed by atoms with Crippen molar-refractivity contribution >= 4 is 50.7 Å². The standard InChI is InChI=1S/C31H37Cl2N3O4S/c1-6-23(5)34-31(38)29(7-2)35(19-24-13-14-27(32)28(33)18-24)30(37)20-36(25-16-21(3)15-22(4)17-25)41(39,40)26-11-9-8-10-12-26/h8-18,23,29H,6-7,19-20H2,1-5H3,(H,34,38)/t23-,29+/m1/s1. The number of amides is 2. The summed E-state index contributed by atoms with van der Waals surface area (Å²) in [6.45, 7) is 8.94. The topological polar surface area (TPSA) is 86.8 Å². The largest absolute Gasteiger partial charge is 0.352 e. The van der Waals surface area contributed by atoms with Crippen LogP contribution in [-0.4, -0.2) is 43.8 Å². The van der Waals surface area contributed by atoms with Crippen LogP contribution in [0.2, 0.25) is 10.0 Å². The number of carbonyl (C=O) groups is 2. The Labute approximate surface area is 253 Å². The van der Waals surface area contributed by atoms with Gasteiger partial charge in [0, 0.05) is 12.6 Å². The Hall–Kier alpha value is -3.07. The summed E-state index contributed by atoms with van der Waals surface area (Å²) in [7, 11) is -4.13. The first kappa shape index (κ1) is 32.4. The Morgan fingerprint density at radius 1 is 0.878 bits per heavy atom. The van der Waals surface area contributed by atoms with E-state index in [1.165, 1.54) is 17.0 Å². The normalized spacial score (nSPS) is 12.9. The summed E-state index contributed by atoms with van der Waals surface area (Å²) in [5.74, 6) is -0.833. The van der Waals surface area contributed by atoms with Crippen molar-refractivity contribution in [3.63, 3.8) is 0 Å². The van der Waals surface area contributed by atoms with E-state index in [1.54, 1.807) is 48.5 Å². The summed E-state index contributed by atoms with van der Waals surface area (Å²) in [6, 6.07) is 17.5. The van der Waals surface area contributed by atoms with Gasteiger partial charge in [-0.1, -0.05) is 67.4 Å². The maximum absolute atomic E-state index is 14.2. The molecule has 0 fully saturated rings. The van der Waals surface area contributed by atoms with E-state index in [0.29, 0.717) is 27.7 Å². The molecule has 0 unspecified atom stereocenters. The van der Waals surface area contributed by atoms with Gasteiger partial charge in [0.2, 0.25) is 11.8 Å². The smallest absolute Gasteiger partial charge is 0.264 e. The highest BCUT2D eigenvalue weighted by Crippen LogP contribution is 2.28. The van der Waals surface area contributed by atoms with Crippen LogP contribution in [0.25, 0.3) is 0 Å². The first-order valence-electron chi connectivity index (χ1n) is 13.6. The number of sulfonamides is 1. The Morgan fingerprint density at radius 3 is 2.07 bits per heavy atom. The van der Waals surface area contributed by atoms with Crippen molar-refractivity contribution in [3.8, 4) is 0 Å². The molecule has 0 saturated carbocycles. The van der Waals surface area contributed by atoms with Crippen molar-refractivity contribution in [1.29, 1.82) is 0 Å². The predicted octanol–water partition coefficient (Wildman–Crippen LogP) is 6.53. The molecule has 0 radical (unpaired) electrons. The Kier molecular flexibility index (Phi) is 11.2. The van der Waals surface area contributed by atoms with Crippen molar-refractivity contribution in [3.05, 3.63) is 93.5 Å². The summed E-state index contributed by atoms with van der Waals surface area (Å²) >= 11 is 12.4. The first-order valence-corrected chi connectivity index (χ1v) is 15.8. The molecule has 3 rings (SSSR count). The molecule has 10 heteroatoms. The number of hydrogen-bond donors (Lipinski definition) is 1. The van der Waals surface area contributed by atoms with Crippen LogP contribution in [-0.2, 0) is 26.2 Å². The SMILES string of the molecule is CC[C@@H](C)NC(=O)[C@H](CC)N(Cc1ccc(Cl)c(Cl)c1)C(=O)CN(c1cc(C)cc(C)c1)S(=O)(=O)c1ccccc1. The van der Waals surface area contributed by atoms with Gasteiger partial charge in [-0.25, -0.2) is 8.42 Å². The molecule has 0 bridgehead atoms. The fourth-order valence-electron chi connectivity index (χ4n) is 4.54. The average Bonchev–Trinajstić information content (AvgIpc) is 2.93. The molecule has 0 aliphatic rings. The number of carbonyl (C=O) groups excluding carboxylic acids is 2. The van der Waals surface area contributed by atoms with Gasteiger partial charge < -0.3 is 10.2 Å². The Morgan fingerprint density at radius 2 is 1.51 bits per heavy atom. The highest BCUT2D eigenvalue weighted by atomic mass is 35.5. The van der Waals surface area contributed by atoms with Gasteiger partial charge in [-0.3, -0.25) is 13.9 Å². The predicted molar refractivity (Wildman–Crippen MR) is 166 cm³/mol. The third-order valence-electron chi connectivity index (χ3n) is 6.83. The van der Waals surface area contributed by atoms with E-state index in [-0.39, 0.29) is 23.4 Å². The van der Waals surface area contributed by atoms with Gasteiger partial charge in [-0.15, -0.1) is 0 Å². The minimum atomic E-state index is -4.13. The molecule has 2 atom stereocenters. The number of aryl methyl sites for hydroxylation is 2. The third-order valence-corrected chi connectivity index (χ3v) is 9.36. The molecule has 0 aromatic heterocycles. The number of halogens is 2. The van der Waals surface area contributed by atoms with Crippen molar-refractivity contribution in [1.82, 2.24) is 10.2 Å². The van der Waals surface area contributed by atoms with Gasteiger partial charge in [-0.05, 0) is 86.7 Å². The van der Waals surface area contributed by atoms with Crippen LogP contribution in [0, 0.1) is 13.8 Å². The maximum Gasteiger partial charge on any atom is 0.264 e. The molecule has 0 spiro atoms. The number of nitrogens with zero attached hydrogens (tertiary/aromatic N) is 2. The number of hydrogen-bond acceptors (Lipinski definition) is 4. The van der Waals surface area contributed by atoms with E-state index in [0.717, 1.165) is 21.9 Å². The van der Waals surface area contributed by atoms with E-state index >= 15 is 0 Å².